The molecule has 0 bridgehead atoms. The van der Waals surface area contributed by atoms with Gasteiger partial charge in [0.25, 0.3) is 0 Å². The Morgan fingerprint density at radius 1 is 1.37 bits per heavy atom. The minimum atomic E-state index is -0.0955. The van der Waals surface area contributed by atoms with Crippen molar-refractivity contribution in [2.45, 2.75) is 18.0 Å². The Morgan fingerprint density at radius 2 is 2.21 bits per heavy atom. The summed E-state index contributed by atoms with van der Waals surface area (Å²) in [4.78, 5) is 8.25. The lowest BCUT2D eigenvalue weighted by Crippen LogP contribution is -2.14. The average molecular weight is 275 g/mol. The molecule has 0 spiro atoms. The standard InChI is InChI=1S/C14H17N3OS/c1-10-3-4-13(18-2)11(7-10)12(15)9-19-14-8-16-5-6-17-14/h3-8,12H,9,15H2,1-2H3. The molecule has 100 valence electrons. The fourth-order valence-electron chi connectivity index (χ4n) is 1.77. The van der Waals surface area contributed by atoms with Crippen molar-refractivity contribution in [2.24, 2.45) is 5.73 Å². The monoisotopic (exact) mass is 275 g/mol. The van der Waals surface area contributed by atoms with Crippen LogP contribution in [0.5, 0.6) is 5.75 Å². The Hall–Kier alpha value is -1.59. The van der Waals surface area contributed by atoms with Gasteiger partial charge >= 0.3 is 0 Å². The number of nitrogens with two attached hydrogens (primary N) is 1. The Balaban J connectivity index is 2.07. The maximum Gasteiger partial charge on any atom is 0.123 e. The second-order valence-corrected chi connectivity index (χ2v) is 5.25. The number of thioether (sulfide) groups is 1. The molecule has 0 radical (unpaired) electrons. The third-order valence-electron chi connectivity index (χ3n) is 2.73. The molecule has 4 nitrogen and oxygen atoms in total. The zero-order valence-corrected chi connectivity index (χ0v) is 11.9. The van der Waals surface area contributed by atoms with Crippen molar-refractivity contribution in [1.82, 2.24) is 9.97 Å². The zero-order chi connectivity index (χ0) is 13.7. The van der Waals surface area contributed by atoms with E-state index in [-0.39, 0.29) is 6.04 Å². The molecule has 1 unspecified atom stereocenters. The van der Waals surface area contributed by atoms with Gasteiger partial charge in [0, 0.05) is 29.8 Å². The summed E-state index contributed by atoms with van der Waals surface area (Å²) >= 11 is 1.59. The normalized spacial score (nSPS) is 12.2. The number of aromatic nitrogens is 2. The van der Waals surface area contributed by atoms with Crippen LogP contribution < -0.4 is 10.5 Å². The molecule has 0 aliphatic carbocycles. The van der Waals surface area contributed by atoms with Gasteiger partial charge in [-0.2, -0.15) is 0 Å². The molecule has 2 rings (SSSR count). The van der Waals surface area contributed by atoms with Gasteiger partial charge in [0.2, 0.25) is 0 Å². The summed E-state index contributed by atoms with van der Waals surface area (Å²) in [5, 5.41) is 0.879. The summed E-state index contributed by atoms with van der Waals surface area (Å²) in [6.45, 7) is 2.05. The maximum atomic E-state index is 6.24. The number of rotatable bonds is 5. The molecule has 1 heterocycles. The van der Waals surface area contributed by atoms with E-state index in [1.54, 1.807) is 37.5 Å². The Morgan fingerprint density at radius 3 is 2.89 bits per heavy atom. The van der Waals surface area contributed by atoms with E-state index in [1.807, 2.05) is 19.1 Å². The first-order valence-electron chi connectivity index (χ1n) is 5.99. The van der Waals surface area contributed by atoms with Gasteiger partial charge in [-0.1, -0.05) is 17.7 Å². The van der Waals surface area contributed by atoms with Crippen molar-refractivity contribution in [1.29, 1.82) is 0 Å². The van der Waals surface area contributed by atoms with Crippen molar-refractivity contribution >= 4 is 11.8 Å². The molecule has 2 N–H and O–H groups in total. The summed E-state index contributed by atoms with van der Waals surface area (Å²) in [6, 6.07) is 5.95. The first-order valence-corrected chi connectivity index (χ1v) is 6.98. The molecule has 1 aromatic heterocycles. The van der Waals surface area contributed by atoms with E-state index in [0.29, 0.717) is 0 Å². The third-order valence-corrected chi connectivity index (χ3v) is 3.77. The van der Waals surface area contributed by atoms with E-state index in [1.165, 1.54) is 5.56 Å². The van der Waals surface area contributed by atoms with Crippen LogP contribution >= 0.6 is 11.8 Å². The molecule has 2 aromatic rings. The van der Waals surface area contributed by atoms with Gasteiger partial charge in [-0.15, -0.1) is 11.8 Å². The fourth-order valence-corrected chi connectivity index (χ4v) is 2.57. The molecule has 0 amide bonds. The highest BCUT2D eigenvalue weighted by atomic mass is 32.2. The van der Waals surface area contributed by atoms with Gasteiger partial charge in [0.1, 0.15) is 10.8 Å². The second kappa shape index (κ2) is 6.54. The summed E-state index contributed by atoms with van der Waals surface area (Å²) in [5.41, 5.74) is 8.44. The summed E-state index contributed by atoms with van der Waals surface area (Å²) < 4.78 is 5.36. The zero-order valence-electron chi connectivity index (χ0n) is 11.0. The van der Waals surface area contributed by atoms with Gasteiger partial charge in [-0.05, 0) is 13.0 Å². The lowest BCUT2D eigenvalue weighted by molar-refractivity contribution is 0.407. The minimum Gasteiger partial charge on any atom is -0.496 e. The third kappa shape index (κ3) is 3.68. The van der Waals surface area contributed by atoms with Gasteiger partial charge in [-0.3, -0.25) is 4.98 Å². The predicted octanol–water partition coefficient (Wildman–Crippen LogP) is 2.59. The number of hydrogen-bond acceptors (Lipinski definition) is 5. The predicted molar refractivity (Wildman–Crippen MR) is 77.4 cm³/mol. The number of methoxy groups -OCH3 is 1. The van der Waals surface area contributed by atoms with E-state index < -0.39 is 0 Å². The molecule has 1 atom stereocenters. The van der Waals surface area contributed by atoms with Crippen LogP contribution in [-0.4, -0.2) is 22.8 Å². The first-order chi connectivity index (χ1) is 9.20. The summed E-state index contributed by atoms with van der Waals surface area (Å²) in [5.74, 6) is 1.57. The quantitative estimate of drug-likeness (QED) is 0.850. The molecule has 19 heavy (non-hydrogen) atoms. The highest BCUT2D eigenvalue weighted by Crippen LogP contribution is 2.28. The molecule has 1 aromatic carbocycles. The highest BCUT2D eigenvalue weighted by Gasteiger charge is 2.13. The molecular weight excluding hydrogens is 258 g/mol. The number of nitrogens with zero attached hydrogens (tertiary/aromatic N) is 2. The van der Waals surface area contributed by atoms with E-state index in [4.69, 9.17) is 10.5 Å². The number of benzene rings is 1. The molecule has 5 heteroatoms. The van der Waals surface area contributed by atoms with Gasteiger partial charge < -0.3 is 10.5 Å². The summed E-state index contributed by atoms with van der Waals surface area (Å²) in [6.07, 6.45) is 5.08. The van der Waals surface area contributed by atoms with Crippen LogP contribution in [-0.2, 0) is 0 Å². The van der Waals surface area contributed by atoms with Crippen LogP contribution in [0.25, 0.3) is 0 Å². The maximum absolute atomic E-state index is 6.24. The lowest BCUT2D eigenvalue weighted by atomic mass is 10.1. The number of ether oxygens (including phenoxy) is 1. The molecular formula is C14H17N3OS. The van der Waals surface area contributed by atoms with Crippen molar-refractivity contribution in [3.8, 4) is 5.75 Å². The van der Waals surface area contributed by atoms with E-state index >= 15 is 0 Å². The molecule has 0 saturated heterocycles. The van der Waals surface area contributed by atoms with E-state index in [0.717, 1.165) is 22.1 Å². The van der Waals surface area contributed by atoms with Crippen LogP contribution in [0.2, 0.25) is 0 Å². The van der Waals surface area contributed by atoms with Crippen molar-refractivity contribution < 1.29 is 4.74 Å². The van der Waals surface area contributed by atoms with Crippen LogP contribution in [0, 0.1) is 6.92 Å². The highest BCUT2D eigenvalue weighted by molar-refractivity contribution is 7.99. The molecule has 0 aliphatic rings. The molecule has 0 saturated carbocycles. The van der Waals surface area contributed by atoms with Crippen molar-refractivity contribution in [3.05, 3.63) is 47.9 Å². The first kappa shape index (κ1) is 13.8. The van der Waals surface area contributed by atoms with Crippen LogP contribution in [0.3, 0.4) is 0 Å². The Bertz CT molecular complexity index is 533. The van der Waals surface area contributed by atoms with Crippen LogP contribution in [0.1, 0.15) is 17.2 Å². The minimum absolute atomic E-state index is 0.0955. The lowest BCUT2D eigenvalue weighted by Gasteiger charge is -2.15. The summed E-state index contributed by atoms with van der Waals surface area (Å²) in [7, 11) is 1.66. The number of aryl methyl sites for hydroxylation is 1. The molecule has 0 aliphatic heterocycles. The second-order valence-electron chi connectivity index (χ2n) is 4.21. The van der Waals surface area contributed by atoms with Crippen LogP contribution in [0.4, 0.5) is 0 Å². The van der Waals surface area contributed by atoms with Crippen molar-refractivity contribution in [2.75, 3.05) is 12.9 Å². The Labute approximate surface area is 117 Å². The SMILES string of the molecule is COc1ccc(C)cc1C(N)CSc1cnccn1. The smallest absolute Gasteiger partial charge is 0.123 e. The number of hydrogen-bond donors (Lipinski definition) is 1. The van der Waals surface area contributed by atoms with E-state index in [9.17, 15) is 0 Å². The van der Waals surface area contributed by atoms with Crippen molar-refractivity contribution in [3.63, 3.8) is 0 Å². The van der Waals surface area contributed by atoms with E-state index in [2.05, 4.69) is 16.0 Å². The van der Waals surface area contributed by atoms with Gasteiger partial charge in [0.15, 0.2) is 0 Å². The Kier molecular flexibility index (Phi) is 4.76. The van der Waals surface area contributed by atoms with Gasteiger partial charge in [-0.25, -0.2) is 4.98 Å². The van der Waals surface area contributed by atoms with Gasteiger partial charge in [0.05, 0.1) is 13.3 Å². The largest absolute Gasteiger partial charge is 0.496 e. The average Bonchev–Trinajstić information content (AvgIpc) is 2.46. The topological polar surface area (TPSA) is 61.0 Å². The molecule has 0 fully saturated rings. The van der Waals surface area contributed by atoms with Crippen LogP contribution in [0.15, 0.2) is 41.8 Å². The fraction of sp³-hybridized carbons (Fsp3) is 0.286.